The predicted molar refractivity (Wildman–Crippen MR) is 68.2 cm³/mol. The van der Waals surface area contributed by atoms with Crippen LogP contribution in [0, 0.1) is 5.92 Å². The molecule has 0 radical (unpaired) electrons. The largest absolute Gasteiger partial charge is 0.348 e. The lowest BCUT2D eigenvalue weighted by Crippen LogP contribution is -2.57. The Hall–Kier alpha value is -0.610. The number of carbonyl (C=O) groups is 1. The maximum Gasteiger partial charge on any atom is 0.234 e. The Balaban J connectivity index is 4.33. The third kappa shape index (κ3) is 4.49. The summed E-state index contributed by atoms with van der Waals surface area (Å²) in [5, 5.41) is 3.02. The van der Waals surface area contributed by atoms with Crippen LogP contribution in [0.5, 0.6) is 0 Å². The van der Waals surface area contributed by atoms with Crippen LogP contribution in [0.25, 0.3) is 0 Å². The van der Waals surface area contributed by atoms with E-state index in [0.717, 1.165) is 0 Å². The van der Waals surface area contributed by atoms with Crippen molar-refractivity contribution >= 4 is 5.91 Å². The van der Waals surface area contributed by atoms with E-state index in [1.807, 2.05) is 18.9 Å². The lowest BCUT2D eigenvalue weighted by Gasteiger charge is -2.34. The van der Waals surface area contributed by atoms with Gasteiger partial charge in [0.2, 0.25) is 5.91 Å². The highest BCUT2D eigenvalue weighted by molar-refractivity contribution is 5.78. The van der Waals surface area contributed by atoms with E-state index >= 15 is 0 Å². The molecule has 0 aliphatic rings. The van der Waals surface area contributed by atoms with Crippen LogP contribution in [-0.2, 0) is 4.79 Å². The summed E-state index contributed by atoms with van der Waals surface area (Å²) in [6.07, 6.45) is 0. The van der Waals surface area contributed by atoms with Crippen molar-refractivity contribution in [3.63, 3.8) is 0 Å². The van der Waals surface area contributed by atoms with E-state index in [9.17, 15) is 4.79 Å². The first-order valence-corrected chi connectivity index (χ1v) is 5.94. The number of nitrogens with zero attached hydrogens (tertiary/aromatic N) is 1. The summed E-state index contributed by atoms with van der Waals surface area (Å²) in [7, 11) is 1.94. The molecule has 0 spiro atoms. The highest BCUT2D eigenvalue weighted by Crippen LogP contribution is 2.14. The van der Waals surface area contributed by atoms with Crippen molar-refractivity contribution < 1.29 is 4.79 Å². The van der Waals surface area contributed by atoms with Gasteiger partial charge in [-0.3, -0.25) is 9.69 Å². The zero-order valence-corrected chi connectivity index (χ0v) is 11.5. The Morgan fingerprint density at radius 3 is 2.19 bits per heavy atom. The van der Waals surface area contributed by atoms with Crippen LogP contribution < -0.4 is 11.1 Å². The second-order valence-electron chi connectivity index (χ2n) is 5.33. The number of rotatable bonds is 6. The van der Waals surface area contributed by atoms with Crippen LogP contribution in [0.1, 0.15) is 34.6 Å². The zero-order valence-electron chi connectivity index (χ0n) is 11.5. The minimum absolute atomic E-state index is 0.0397. The molecule has 3 N–H and O–H groups in total. The minimum atomic E-state index is -0.311. The summed E-state index contributed by atoms with van der Waals surface area (Å²) in [6, 6.07) is 0.369. The van der Waals surface area contributed by atoms with Crippen molar-refractivity contribution in [2.24, 2.45) is 11.7 Å². The van der Waals surface area contributed by atoms with E-state index in [-0.39, 0.29) is 11.4 Å². The maximum atomic E-state index is 11.8. The molecule has 0 heterocycles. The van der Waals surface area contributed by atoms with Crippen LogP contribution in [0.2, 0.25) is 0 Å². The van der Waals surface area contributed by atoms with Gasteiger partial charge in [-0.1, -0.05) is 13.8 Å². The van der Waals surface area contributed by atoms with Crippen molar-refractivity contribution in [2.75, 3.05) is 20.1 Å². The molecule has 0 fully saturated rings. The van der Waals surface area contributed by atoms with E-state index in [1.165, 1.54) is 0 Å². The lowest BCUT2D eigenvalue weighted by atomic mass is 9.88. The molecule has 0 aromatic carbocycles. The van der Waals surface area contributed by atoms with Gasteiger partial charge in [-0.05, 0) is 33.7 Å². The van der Waals surface area contributed by atoms with Gasteiger partial charge < -0.3 is 11.1 Å². The molecule has 0 aliphatic heterocycles. The van der Waals surface area contributed by atoms with Crippen molar-refractivity contribution in [1.82, 2.24) is 10.2 Å². The Morgan fingerprint density at radius 2 is 1.88 bits per heavy atom. The van der Waals surface area contributed by atoms with E-state index < -0.39 is 0 Å². The van der Waals surface area contributed by atoms with E-state index in [0.29, 0.717) is 25.0 Å². The maximum absolute atomic E-state index is 11.8. The molecule has 0 aromatic rings. The monoisotopic (exact) mass is 229 g/mol. The fourth-order valence-electron chi connectivity index (χ4n) is 1.20. The molecule has 0 saturated heterocycles. The molecule has 0 bridgehead atoms. The van der Waals surface area contributed by atoms with E-state index in [1.54, 1.807) is 0 Å². The fraction of sp³-hybridized carbons (Fsp3) is 0.917. The third-order valence-electron chi connectivity index (χ3n) is 3.40. The molecule has 16 heavy (non-hydrogen) atoms. The molecule has 0 aromatic heterocycles. The predicted octanol–water partition coefficient (Wildman–Crippen LogP) is 0.816. The van der Waals surface area contributed by atoms with Crippen molar-refractivity contribution in [2.45, 2.75) is 46.2 Å². The smallest absolute Gasteiger partial charge is 0.234 e. The van der Waals surface area contributed by atoms with Gasteiger partial charge in [0, 0.05) is 12.6 Å². The Bertz CT molecular complexity index is 228. The number of hydrogen-bond acceptors (Lipinski definition) is 3. The van der Waals surface area contributed by atoms with Crippen LogP contribution in [0.15, 0.2) is 0 Å². The third-order valence-corrected chi connectivity index (χ3v) is 3.40. The minimum Gasteiger partial charge on any atom is -0.348 e. The van der Waals surface area contributed by atoms with Gasteiger partial charge in [0.25, 0.3) is 0 Å². The second-order valence-corrected chi connectivity index (χ2v) is 5.33. The molecular formula is C12H27N3O. The summed E-state index contributed by atoms with van der Waals surface area (Å²) in [5.41, 5.74) is 5.41. The number of nitrogens with two attached hydrogens (primary N) is 1. The molecule has 96 valence electrons. The van der Waals surface area contributed by atoms with E-state index in [2.05, 4.69) is 33.0 Å². The lowest BCUT2D eigenvalue weighted by molar-refractivity contribution is -0.124. The number of nitrogens with one attached hydrogen (secondary N) is 1. The standard InChI is InChI=1S/C12H27N3O/c1-9(2)12(5,8-13)14-11(16)7-15(6)10(3)4/h9-10H,7-8,13H2,1-6H3,(H,14,16). The molecule has 1 atom stereocenters. The topological polar surface area (TPSA) is 58.4 Å². The number of hydrogen-bond donors (Lipinski definition) is 2. The van der Waals surface area contributed by atoms with Crippen molar-refractivity contribution in [1.29, 1.82) is 0 Å². The Labute approximate surface area is 99.6 Å². The van der Waals surface area contributed by atoms with E-state index in [4.69, 9.17) is 5.73 Å². The van der Waals surface area contributed by atoms with Crippen LogP contribution in [0.4, 0.5) is 0 Å². The summed E-state index contributed by atoms with van der Waals surface area (Å²) >= 11 is 0. The van der Waals surface area contributed by atoms with Crippen molar-refractivity contribution in [3.8, 4) is 0 Å². The fourth-order valence-corrected chi connectivity index (χ4v) is 1.20. The van der Waals surface area contributed by atoms with Gasteiger partial charge in [0.15, 0.2) is 0 Å². The number of carbonyl (C=O) groups excluding carboxylic acids is 1. The first-order chi connectivity index (χ1) is 7.23. The Morgan fingerprint density at radius 1 is 1.38 bits per heavy atom. The molecule has 4 heteroatoms. The molecule has 4 nitrogen and oxygen atoms in total. The van der Waals surface area contributed by atoms with Crippen LogP contribution >= 0.6 is 0 Å². The van der Waals surface area contributed by atoms with Gasteiger partial charge in [-0.15, -0.1) is 0 Å². The van der Waals surface area contributed by atoms with Gasteiger partial charge in [0.05, 0.1) is 12.1 Å². The molecule has 1 unspecified atom stereocenters. The first-order valence-electron chi connectivity index (χ1n) is 5.94. The quantitative estimate of drug-likeness (QED) is 0.709. The average molecular weight is 229 g/mol. The molecule has 0 rings (SSSR count). The molecular weight excluding hydrogens is 202 g/mol. The zero-order chi connectivity index (χ0) is 12.9. The van der Waals surface area contributed by atoms with Crippen molar-refractivity contribution in [3.05, 3.63) is 0 Å². The average Bonchev–Trinajstić information content (AvgIpc) is 2.16. The van der Waals surface area contributed by atoms with Gasteiger partial charge in [0.1, 0.15) is 0 Å². The number of amides is 1. The van der Waals surface area contributed by atoms with Gasteiger partial charge >= 0.3 is 0 Å². The summed E-state index contributed by atoms with van der Waals surface area (Å²) < 4.78 is 0. The summed E-state index contributed by atoms with van der Waals surface area (Å²) in [5.74, 6) is 0.364. The van der Waals surface area contributed by atoms with Crippen LogP contribution in [0.3, 0.4) is 0 Å². The number of likely N-dealkylation sites (N-methyl/N-ethyl adjacent to an activating group) is 1. The molecule has 1 amide bonds. The normalized spacial score (nSPS) is 15.6. The second kappa shape index (κ2) is 6.21. The van der Waals surface area contributed by atoms with Gasteiger partial charge in [-0.25, -0.2) is 0 Å². The van der Waals surface area contributed by atoms with Crippen LogP contribution in [-0.4, -0.2) is 42.5 Å². The summed E-state index contributed by atoms with van der Waals surface area (Å²) in [6.45, 7) is 11.1. The molecule has 0 saturated carbocycles. The molecule has 0 aliphatic carbocycles. The van der Waals surface area contributed by atoms with Gasteiger partial charge in [-0.2, -0.15) is 0 Å². The SMILES string of the molecule is CC(C)N(C)CC(=O)NC(C)(CN)C(C)C. The summed E-state index contributed by atoms with van der Waals surface area (Å²) in [4.78, 5) is 13.8. The highest BCUT2D eigenvalue weighted by atomic mass is 16.2. The highest BCUT2D eigenvalue weighted by Gasteiger charge is 2.28. The first kappa shape index (κ1) is 15.4. The Kier molecular flexibility index (Phi) is 5.97.